The van der Waals surface area contributed by atoms with Gasteiger partial charge < -0.3 is 10.0 Å². The highest BCUT2D eigenvalue weighted by atomic mass is 19.4. The number of pyridine rings is 1. The second-order valence-corrected chi connectivity index (χ2v) is 4.42. The summed E-state index contributed by atoms with van der Waals surface area (Å²) < 4.78 is 37.9. The number of hydrogen-bond donors (Lipinski definition) is 1. The lowest BCUT2D eigenvalue weighted by molar-refractivity contribution is -0.119. The summed E-state index contributed by atoms with van der Waals surface area (Å²) in [7, 11) is 0. The molecule has 0 bridgehead atoms. The van der Waals surface area contributed by atoms with Crippen LogP contribution in [0.2, 0.25) is 0 Å². The second-order valence-electron chi connectivity index (χ2n) is 4.42. The van der Waals surface area contributed by atoms with E-state index in [1.807, 2.05) is 6.07 Å². The fourth-order valence-corrected chi connectivity index (χ4v) is 2.03. The molecule has 110 valence electrons. The number of halogens is 3. The van der Waals surface area contributed by atoms with E-state index in [1.165, 1.54) is 6.07 Å². The number of para-hydroxylation sites is 1. The van der Waals surface area contributed by atoms with Crippen LogP contribution >= 0.6 is 0 Å². The van der Waals surface area contributed by atoms with Crippen molar-refractivity contribution in [1.82, 2.24) is 4.98 Å². The van der Waals surface area contributed by atoms with Gasteiger partial charge in [0.15, 0.2) is 0 Å². The van der Waals surface area contributed by atoms with E-state index in [9.17, 15) is 13.2 Å². The number of fused-ring (bicyclic) bond motifs is 1. The third-order valence-electron chi connectivity index (χ3n) is 2.86. The van der Waals surface area contributed by atoms with E-state index in [1.54, 1.807) is 24.3 Å². The summed E-state index contributed by atoms with van der Waals surface area (Å²) in [5.74, 6) is -0.0671. The number of rotatable bonds is 4. The zero-order chi connectivity index (χ0) is 15.5. The van der Waals surface area contributed by atoms with Gasteiger partial charge in [0.2, 0.25) is 0 Å². The summed E-state index contributed by atoms with van der Waals surface area (Å²) in [6.45, 7) is -1.98. The van der Waals surface area contributed by atoms with Crippen LogP contribution < -0.4 is 4.90 Å². The molecular weight excluding hydrogens is 283 g/mol. The predicted molar refractivity (Wildman–Crippen MR) is 71.8 cm³/mol. The molecule has 7 heteroatoms. The second kappa shape index (κ2) is 5.97. The van der Waals surface area contributed by atoms with E-state index in [0.717, 1.165) is 4.90 Å². The quantitative estimate of drug-likeness (QED) is 0.941. The Morgan fingerprint density at radius 2 is 2.00 bits per heavy atom. The maximum Gasteiger partial charge on any atom is 0.405 e. The van der Waals surface area contributed by atoms with Crippen molar-refractivity contribution in [2.75, 3.05) is 24.6 Å². The van der Waals surface area contributed by atoms with Gasteiger partial charge in [0.1, 0.15) is 18.4 Å². The number of nitrogens with zero attached hydrogens (tertiary/aromatic N) is 3. The summed E-state index contributed by atoms with van der Waals surface area (Å²) in [6, 6.07) is 10.2. The predicted octanol–water partition coefficient (Wildman–Crippen LogP) is 2.47. The van der Waals surface area contributed by atoms with Crippen molar-refractivity contribution in [3.8, 4) is 6.07 Å². The van der Waals surface area contributed by atoms with Crippen LogP contribution in [0.4, 0.5) is 19.0 Å². The van der Waals surface area contributed by atoms with Crippen LogP contribution in [0.25, 0.3) is 10.9 Å². The van der Waals surface area contributed by atoms with Crippen LogP contribution in [-0.2, 0) is 0 Å². The van der Waals surface area contributed by atoms with Gasteiger partial charge in [-0.3, -0.25) is 0 Å². The third kappa shape index (κ3) is 3.61. The topological polar surface area (TPSA) is 60.2 Å². The largest absolute Gasteiger partial charge is 0.405 e. The zero-order valence-corrected chi connectivity index (χ0v) is 10.9. The maximum absolute atomic E-state index is 12.6. The summed E-state index contributed by atoms with van der Waals surface area (Å²) >= 11 is 0. The van der Waals surface area contributed by atoms with Gasteiger partial charge in [0, 0.05) is 11.9 Å². The molecule has 0 aliphatic carbocycles. The lowest BCUT2D eigenvalue weighted by Crippen LogP contribution is -2.37. The molecule has 1 aromatic heterocycles. The molecular formula is C14H12F3N3O. The number of nitriles is 1. The molecule has 0 atom stereocenters. The maximum atomic E-state index is 12.6. The molecule has 0 radical (unpaired) electrons. The van der Waals surface area contributed by atoms with Gasteiger partial charge in [-0.2, -0.15) is 18.4 Å². The first-order chi connectivity index (χ1) is 9.94. The molecule has 0 amide bonds. The molecule has 0 aliphatic rings. The first-order valence-corrected chi connectivity index (χ1v) is 6.17. The van der Waals surface area contributed by atoms with Gasteiger partial charge in [-0.1, -0.05) is 18.2 Å². The van der Waals surface area contributed by atoms with E-state index in [0.29, 0.717) is 10.9 Å². The van der Waals surface area contributed by atoms with Crippen LogP contribution in [0.1, 0.15) is 5.56 Å². The normalized spacial score (nSPS) is 11.4. The Balaban J connectivity index is 2.52. The minimum atomic E-state index is -4.45. The monoisotopic (exact) mass is 295 g/mol. The molecule has 2 aromatic rings. The van der Waals surface area contributed by atoms with Crippen LogP contribution in [0.3, 0.4) is 0 Å². The molecule has 1 aromatic carbocycles. The SMILES string of the molecule is N#Cc1cc2ccccc2nc1N(CCO)CC(F)(F)F. The van der Waals surface area contributed by atoms with Crippen LogP contribution in [0.15, 0.2) is 30.3 Å². The number of aliphatic hydroxyl groups excluding tert-OH is 1. The van der Waals surface area contributed by atoms with E-state index in [4.69, 9.17) is 10.4 Å². The minimum Gasteiger partial charge on any atom is -0.395 e. The smallest absolute Gasteiger partial charge is 0.395 e. The molecule has 21 heavy (non-hydrogen) atoms. The van der Waals surface area contributed by atoms with Crippen LogP contribution in [0.5, 0.6) is 0 Å². The molecule has 0 aliphatic heterocycles. The summed E-state index contributed by atoms with van der Waals surface area (Å²) in [5, 5.41) is 18.8. The Labute approximate surface area is 119 Å². The van der Waals surface area contributed by atoms with Crippen molar-refractivity contribution in [3.05, 3.63) is 35.9 Å². The molecule has 0 saturated heterocycles. The third-order valence-corrected chi connectivity index (χ3v) is 2.86. The number of aromatic nitrogens is 1. The molecule has 0 saturated carbocycles. The fraction of sp³-hybridized carbons (Fsp3) is 0.286. The molecule has 0 spiro atoms. The molecule has 0 fully saturated rings. The summed E-state index contributed by atoms with van der Waals surface area (Å²) in [4.78, 5) is 5.01. The highest BCUT2D eigenvalue weighted by Gasteiger charge is 2.32. The van der Waals surface area contributed by atoms with Gasteiger partial charge in [-0.25, -0.2) is 4.98 Å². The van der Waals surface area contributed by atoms with Gasteiger partial charge in [-0.05, 0) is 12.1 Å². The fourth-order valence-electron chi connectivity index (χ4n) is 2.03. The van der Waals surface area contributed by atoms with Gasteiger partial charge in [0.25, 0.3) is 0 Å². The Hall–Kier alpha value is -2.33. The van der Waals surface area contributed by atoms with E-state index >= 15 is 0 Å². The van der Waals surface area contributed by atoms with Crippen molar-refractivity contribution in [3.63, 3.8) is 0 Å². The number of hydrogen-bond acceptors (Lipinski definition) is 4. The molecule has 2 rings (SSSR count). The first-order valence-electron chi connectivity index (χ1n) is 6.17. The van der Waals surface area contributed by atoms with Crippen LogP contribution in [0, 0.1) is 11.3 Å². The number of anilines is 1. The molecule has 0 unspecified atom stereocenters. The highest BCUT2D eigenvalue weighted by Crippen LogP contribution is 2.26. The van der Waals surface area contributed by atoms with E-state index < -0.39 is 19.3 Å². The Kier molecular flexibility index (Phi) is 4.29. The highest BCUT2D eigenvalue weighted by molar-refractivity contribution is 5.83. The van der Waals surface area contributed by atoms with Crippen molar-refractivity contribution >= 4 is 16.7 Å². The molecule has 4 nitrogen and oxygen atoms in total. The Bertz CT molecular complexity index is 679. The molecule has 1 heterocycles. The minimum absolute atomic E-state index is 0.0476. The average Bonchev–Trinajstić information content (AvgIpc) is 2.44. The Morgan fingerprint density at radius 3 is 2.62 bits per heavy atom. The lowest BCUT2D eigenvalue weighted by atomic mass is 10.1. The van der Waals surface area contributed by atoms with Crippen LogP contribution in [-0.4, -0.2) is 36.0 Å². The van der Waals surface area contributed by atoms with Crippen molar-refractivity contribution in [2.45, 2.75) is 6.18 Å². The number of benzene rings is 1. The number of alkyl halides is 3. The Morgan fingerprint density at radius 1 is 1.29 bits per heavy atom. The summed E-state index contributed by atoms with van der Waals surface area (Å²) in [5.41, 5.74) is 0.544. The van der Waals surface area contributed by atoms with Crippen molar-refractivity contribution in [2.24, 2.45) is 0 Å². The van der Waals surface area contributed by atoms with Gasteiger partial charge in [0.05, 0.1) is 17.7 Å². The lowest BCUT2D eigenvalue weighted by Gasteiger charge is -2.25. The standard InChI is InChI=1S/C14H12F3N3O/c15-14(16,17)9-20(5-6-21)13-11(8-18)7-10-3-1-2-4-12(10)19-13/h1-4,7,21H,5-6,9H2. The first kappa shape index (κ1) is 15.1. The number of aliphatic hydroxyl groups is 1. The summed E-state index contributed by atoms with van der Waals surface area (Å²) in [6.07, 6.45) is -4.45. The van der Waals surface area contributed by atoms with Gasteiger partial charge >= 0.3 is 6.18 Å². The van der Waals surface area contributed by atoms with E-state index in [-0.39, 0.29) is 17.9 Å². The molecule has 1 N–H and O–H groups in total. The van der Waals surface area contributed by atoms with E-state index in [2.05, 4.69) is 4.98 Å². The van der Waals surface area contributed by atoms with Gasteiger partial charge in [-0.15, -0.1) is 0 Å². The average molecular weight is 295 g/mol. The van der Waals surface area contributed by atoms with Crippen molar-refractivity contribution < 1.29 is 18.3 Å². The van der Waals surface area contributed by atoms with Crippen molar-refractivity contribution in [1.29, 1.82) is 5.26 Å². The zero-order valence-electron chi connectivity index (χ0n) is 10.9.